The average Bonchev–Trinajstić information content (AvgIpc) is 2.69. The quantitative estimate of drug-likeness (QED) is 0.668. The van der Waals surface area contributed by atoms with E-state index in [2.05, 4.69) is 47.9 Å². The second kappa shape index (κ2) is 4.16. The van der Waals surface area contributed by atoms with Gasteiger partial charge >= 0.3 is 0 Å². The topological polar surface area (TPSA) is 43.6 Å². The Kier molecular flexibility index (Phi) is 2.59. The number of hydrogen-bond acceptors (Lipinski definition) is 3. The van der Waals surface area contributed by atoms with Gasteiger partial charge in [-0.3, -0.25) is 0 Å². The SMILES string of the molecule is Cc1cc(C)c(-c2ncc3c(ncn3C)n2)c(C)c1. The Morgan fingerprint density at radius 1 is 1.00 bits per heavy atom. The fraction of sp³-hybridized carbons (Fsp3) is 0.267. The zero-order valence-corrected chi connectivity index (χ0v) is 11.6. The maximum Gasteiger partial charge on any atom is 0.181 e. The van der Waals surface area contributed by atoms with E-state index in [0.717, 1.165) is 22.6 Å². The van der Waals surface area contributed by atoms with Crippen molar-refractivity contribution in [3.63, 3.8) is 0 Å². The molecule has 3 rings (SSSR count). The number of hydrogen-bond donors (Lipinski definition) is 0. The van der Waals surface area contributed by atoms with Crippen LogP contribution in [0.3, 0.4) is 0 Å². The van der Waals surface area contributed by atoms with Crippen molar-refractivity contribution in [1.82, 2.24) is 19.5 Å². The van der Waals surface area contributed by atoms with Crippen LogP contribution in [0, 0.1) is 20.8 Å². The van der Waals surface area contributed by atoms with Crippen LogP contribution >= 0.6 is 0 Å². The molecule has 2 heterocycles. The number of aryl methyl sites for hydroxylation is 4. The highest BCUT2D eigenvalue weighted by Crippen LogP contribution is 2.26. The fourth-order valence-electron chi connectivity index (χ4n) is 2.57. The van der Waals surface area contributed by atoms with Crippen molar-refractivity contribution in [2.75, 3.05) is 0 Å². The summed E-state index contributed by atoms with van der Waals surface area (Å²) in [5.41, 5.74) is 6.47. The van der Waals surface area contributed by atoms with Gasteiger partial charge in [0.2, 0.25) is 0 Å². The molecule has 0 aliphatic carbocycles. The summed E-state index contributed by atoms with van der Waals surface area (Å²) in [5, 5.41) is 0. The number of nitrogens with zero attached hydrogens (tertiary/aromatic N) is 4. The Hall–Kier alpha value is -2.23. The summed E-state index contributed by atoms with van der Waals surface area (Å²) in [6.45, 7) is 6.30. The summed E-state index contributed by atoms with van der Waals surface area (Å²) >= 11 is 0. The maximum atomic E-state index is 4.57. The third kappa shape index (κ3) is 1.89. The summed E-state index contributed by atoms with van der Waals surface area (Å²) in [6, 6.07) is 4.32. The molecule has 0 saturated heterocycles. The van der Waals surface area contributed by atoms with Gasteiger partial charge in [-0.1, -0.05) is 17.7 Å². The highest BCUT2D eigenvalue weighted by molar-refractivity contribution is 5.74. The predicted octanol–water partition coefficient (Wildman–Crippen LogP) is 2.96. The smallest absolute Gasteiger partial charge is 0.181 e. The summed E-state index contributed by atoms with van der Waals surface area (Å²) in [4.78, 5) is 13.4. The monoisotopic (exact) mass is 252 g/mol. The molecule has 0 atom stereocenters. The lowest BCUT2D eigenvalue weighted by molar-refractivity contribution is 0.944. The van der Waals surface area contributed by atoms with E-state index in [1.165, 1.54) is 16.7 Å². The van der Waals surface area contributed by atoms with Gasteiger partial charge in [0.1, 0.15) is 5.52 Å². The van der Waals surface area contributed by atoms with E-state index >= 15 is 0 Å². The predicted molar refractivity (Wildman–Crippen MR) is 76.0 cm³/mol. The van der Waals surface area contributed by atoms with E-state index in [1.54, 1.807) is 6.33 Å². The summed E-state index contributed by atoms with van der Waals surface area (Å²) in [6.07, 6.45) is 3.60. The first kappa shape index (κ1) is 11.8. The Balaban J connectivity index is 2.24. The molecule has 0 aliphatic rings. The van der Waals surface area contributed by atoms with Gasteiger partial charge in [0.25, 0.3) is 0 Å². The van der Waals surface area contributed by atoms with E-state index in [1.807, 2.05) is 17.8 Å². The molecule has 0 unspecified atom stereocenters. The Morgan fingerprint density at radius 3 is 2.37 bits per heavy atom. The minimum atomic E-state index is 0.742. The largest absolute Gasteiger partial charge is 0.331 e. The zero-order valence-electron chi connectivity index (χ0n) is 11.6. The molecule has 19 heavy (non-hydrogen) atoms. The molecule has 4 heteroatoms. The second-order valence-corrected chi connectivity index (χ2v) is 5.03. The van der Waals surface area contributed by atoms with Crippen LogP contribution in [-0.4, -0.2) is 19.5 Å². The van der Waals surface area contributed by atoms with Crippen molar-refractivity contribution in [1.29, 1.82) is 0 Å². The number of benzene rings is 1. The van der Waals surface area contributed by atoms with E-state index in [-0.39, 0.29) is 0 Å². The van der Waals surface area contributed by atoms with Crippen LogP contribution < -0.4 is 0 Å². The Labute approximate surface area is 112 Å². The van der Waals surface area contributed by atoms with Crippen LogP contribution in [-0.2, 0) is 7.05 Å². The van der Waals surface area contributed by atoms with Crippen molar-refractivity contribution in [3.05, 3.63) is 41.3 Å². The van der Waals surface area contributed by atoms with Crippen molar-refractivity contribution < 1.29 is 0 Å². The van der Waals surface area contributed by atoms with Crippen molar-refractivity contribution >= 4 is 11.2 Å². The highest BCUT2D eigenvalue weighted by atomic mass is 15.1. The molecule has 0 fully saturated rings. The molecule has 0 radical (unpaired) electrons. The highest BCUT2D eigenvalue weighted by Gasteiger charge is 2.11. The fourth-order valence-corrected chi connectivity index (χ4v) is 2.57. The summed E-state index contributed by atoms with van der Waals surface area (Å²) in [7, 11) is 1.95. The normalized spacial score (nSPS) is 11.2. The first-order valence-corrected chi connectivity index (χ1v) is 6.28. The van der Waals surface area contributed by atoms with Gasteiger partial charge < -0.3 is 4.57 Å². The third-order valence-corrected chi connectivity index (χ3v) is 3.38. The van der Waals surface area contributed by atoms with E-state index in [0.29, 0.717) is 0 Å². The van der Waals surface area contributed by atoms with Crippen LogP contribution in [0.4, 0.5) is 0 Å². The standard InChI is InChI=1S/C15H16N4/c1-9-5-10(2)13(11(3)6-9)15-16-7-12-14(18-15)17-8-19(12)4/h5-8H,1-4H3. The van der Waals surface area contributed by atoms with E-state index in [9.17, 15) is 0 Å². The molecule has 3 aromatic rings. The number of fused-ring (bicyclic) bond motifs is 1. The number of imidazole rings is 1. The first-order chi connectivity index (χ1) is 9.06. The van der Waals surface area contributed by atoms with Crippen LogP contribution in [0.5, 0.6) is 0 Å². The average molecular weight is 252 g/mol. The molecule has 0 aliphatic heterocycles. The maximum absolute atomic E-state index is 4.57. The van der Waals surface area contributed by atoms with Gasteiger partial charge in [-0.2, -0.15) is 0 Å². The van der Waals surface area contributed by atoms with Gasteiger partial charge in [-0.25, -0.2) is 15.0 Å². The molecular formula is C15H16N4. The van der Waals surface area contributed by atoms with Gasteiger partial charge in [0.15, 0.2) is 11.5 Å². The Bertz CT molecular complexity index is 748. The minimum Gasteiger partial charge on any atom is -0.331 e. The molecular weight excluding hydrogens is 236 g/mol. The number of aromatic nitrogens is 4. The number of rotatable bonds is 1. The zero-order chi connectivity index (χ0) is 13.6. The summed E-state index contributed by atoms with van der Waals surface area (Å²) in [5.74, 6) is 0.751. The van der Waals surface area contributed by atoms with Crippen LogP contribution in [0.25, 0.3) is 22.6 Å². The van der Waals surface area contributed by atoms with Crippen LogP contribution in [0.15, 0.2) is 24.7 Å². The van der Waals surface area contributed by atoms with Crippen molar-refractivity contribution in [3.8, 4) is 11.4 Å². The lowest BCUT2D eigenvalue weighted by Gasteiger charge is -2.09. The van der Waals surface area contributed by atoms with Crippen LogP contribution in [0.1, 0.15) is 16.7 Å². The molecule has 0 bridgehead atoms. The molecule has 96 valence electrons. The molecule has 0 spiro atoms. The molecule has 1 aromatic carbocycles. The molecule has 0 saturated carbocycles. The third-order valence-electron chi connectivity index (χ3n) is 3.38. The van der Waals surface area contributed by atoms with E-state index in [4.69, 9.17) is 0 Å². The Morgan fingerprint density at radius 2 is 1.68 bits per heavy atom. The van der Waals surface area contributed by atoms with Gasteiger partial charge in [0, 0.05) is 12.6 Å². The molecule has 2 aromatic heterocycles. The van der Waals surface area contributed by atoms with Gasteiger partial charge in [-0.15, -0.1) is 0 Å². The van der Waals surface area contributed by atoms with E-state index < -0.39 is 0 Å². The molecule has 0 N–H and O–H groups in total. The first-order valence-electron chi connectivity index (χ1n) is 6.28. The van der Waals surface area contributed by atoms with Gasteiger partial charge in [0.05, 0.1) is 12.5 Å². The molecule has 4 nitrogen and oxygen atoms in total. The van der Waals surface area contributed by atoms with Crippen molar-refractivity contribution in [2.24, 2.45) is 7.05 Å². The second-order valence-electron chi connectivity index (χ2n) is 5.03. The lowest BCUT2D eigenvalue weighted by Crippen LogP contribution is -1.96. The summed E-state index contributed by atoms with van der Waals surface area (Å²) < 4.78 is 1.92. The van der Waals surface area contributed by atoms with Crippen molar-refractivity contribution in [2.45, 2.75) is 20.8 Å². The minimum absolute atomic E-state index is 0.742. The van der Waals surface area contributed by atoms with Gasteiger partial charge in [-0.05, 0) is 31.9 Å². The lowest BCUT2D eigenvalue weighted by atomic mass is 9.99. The molecule has 0 amide bonds. The van der Waals surface area contributed by atoms with Crippen LogP contribution in [0.2, 0.25) is 0 Å².